The van der Waals surface area contributed by atoms with E-state index in [9.17, 15) is 4.39 Å². The number of rotatable bonds is 0. The largest absolute Gasteiger partial charge is 0.332 e. The van der Waals surface area contributed by atoms with Gasteiger partial charge in [-0.3, -0.25) is 0 Å². The van der Waals surface area contributed by atoms with Crippen molar-refractivity contribution in [3.63, 3.8) is 0 Å². The maximum Gasteiger partial charge on any atom is 0.143 e. The van der Waals surface area contributed by atoms with E-state index in [4.69, 9.17) is 0 Å². The van der Waals surface area contributed by atoms with E-state index < -0.39 is 6.17 Å². The smallest absolute Gasteiger partial charge is 0.143 e. The minimum atomic E-state index is -0.771. The number of hydrogen-bond donors (Lipinski definition) is 0. The Morgan fingerprint density at radius 1 is 1.78 bits per heavy atom. The zero-order valence-corrected chi connectivity index (χ0v) is 4.92. The number of aromatic nitrogens is 2. The van der Waals surface area contributed by atoms with Gasteiger partial charge in [0.2, 0.25) is 0 Å². The lowest BCUT2D eigenvalue weighted by Gasteiger charge is -1.91. The van der Waals surface area contributed by atoms with E-state index in [0.29, 0.717) is 6.42 Å². The first kappa shape index (κ1) is 4.97. The van der Waals surface area contributed by atoms with Gasteiger partial charge < -0.3 is 4.57 Å². The number of fused-ring (bicyclic) bond motifs is 1. The first-order valence-corrected chi connectivity index (χ1v) is 3.02. The Balaban J connectivity index is 2.49. The molecule has 0 amide bonds. The highest BCUT2D eigenvalue weighted by atomic mass is 19.1. The van der Waals surface area contributed by atoms with Crippen molar-refractivity contribution in [3.8, 4) is 0 Å². The lowest BCUT2D eigenvalue weighted by molar-refractivity contribution is 0.343. The molecular formula is C6H7FN2. The van der Waals surface area contributed by atoms with Crippen LogP contribution in [0.25, 0.3) is 0 Å². The molecule has 48 valence electrons. The number of alkyl halides is 1. The molecule has 1 unspecified atom stereocenters. The summed E-state index contributed by atoms with van der Waals surface area (Å²) in [6.07, 6.45) is 3.12. The van der Waals surface area contributed by atoms with Gasteiger partial charge in [-0.1, -0.05) is 0 Å². The molecule has 1 atom stereocenters. The maximum atomic E-state index is 12.7. The van der Waals surface area contributed by atoms with Gasteiger partial charge in [0.05, 0.1) is 18.2 Å². The second-order valence-corrected chi connectivity index (χ2v) is 2.27. The van der Waals surface area contributed by atoms with Gasteiger partial charge in [-0.05, 0) is 0 Å². The maximum absolute atomic E-state index is 12.7. The van der Waals surface area contributed by atoms with Crippen molar-refractivity contribution in [1.29, 1.82) is 0 Å². The van der Waals surface area contributed by atoms with Gasteiger partial charge in [-0.25, -0.2) is 9.37 Å². The SMILES string of the molecule is FC1CCn2cncc21. The van der Waals surface area contributed by atoms with Crippen molar-refractivity contribution in [2.75, 3.05) is 0 Å². The van der Waals surface area contributed by atoms with Crippen LogP contribution < -0.4 is 0 Å². The van der Waals surface area contributed by atoms with Crippen LogP contribution in [0.1, 0.15) is 18.3 Å². The average Bonchev–Trinajstić information content (AvgIpc) is 2.35. The van der Waals surface area contributed by atoms with E-state index in [-0.39, 0.29) is 0 Å². The Hall–Kier alpha value is -0.860. The molecule has 1 aromatic heterocycles. The fourth-order valence-electron chi connectivity index (χ4n) is 1.18. The standard InChI is InChI=1S/C6H7FN2/c7-5-1-2-9-4-8-3-6(5)9/h3-5H,1-2H2. The van der Waals surface area contributed by atoms with E-state index in [1.165, 1.54) is 0 Å². The highest BCUT2D eigenvalue weighted by Gasteiger charge is 2.20. The van der Waals surface area contributed by atoms with Crippen molar-refractivity contribution in [1.82, 2.24) is 9.55 Å². The van der Waals surface area contributed by atoms with E-state index >= 15 is 0 Å². The summed E-state index contributed by atoms with van der Waals surface area (Å²) in [6.45, 7) is 0.788. The van der Waals surface area contributed by atoms with Crippen LogP contribution in [-0.2, 0) is 6.54 Å². The van der Waals surface area contributed by atoms with E-state index in [1.54, 1.807) is 12.5 Å². The summed E-state index contributed by atoms with van der Waals surface area (Å²) in [7, 11) is 0. The lowest BCUT2D eigenvalue weighted by Crippen LogP contribution is -1.87. The quantitative estimate of drug-likeness (QED) is 0.512. The molecule has 2 rings (SSSR count). The van der Waals surface area contributed by atoms with Crippen LogP contribution in [0.5, 0.6) is 0 Å². The molecule has 0 aromatic carbocycles. The highest BCUT2D eigenvalue weighted by molar-refractivity contribution is 5.06. The molecule has 0 N–H and O–H groups in total. The van der Waals surface area contributed by atoms with Gasteiger partial charge >= 0.3 is 0 Å². The molecule has 1 aromatic rings. The topological polar surface area (TPSA) is 17.8 Å². The Bertz CT molecular complexity index is 219. The summed E-state index contributed by atoms with van der Waals surface area (Å²) < 4.78 is 14.5. The van der Waals surface area contributed by atoms with Gasteiger partial charge in [0.25, 0.3) is 0 Å². The number of hydrogen-bond acceptors (Lipinski definition) is 1. The Morgan fingerprint density at radius 3 is 3.44 bits per heavy atom. The van der Waals surface area contributed by atoms with Crippen molar-refractivity contribution in [2.45, 2.75) is 19.1 Å². The Labute approximate surface area is 52.3 Å². The van der Waals surface area contributed by atoms with Crippen LogP contribution in [-0.4, -0.2) is 9.55 Å². The third-order valence-corrected chi connectivity index (χ3v) is 1.69. The summed E-state index contributed by atoms with van der Waals surface area (Å²) in [6, 6.07) is 0. The molecule has 0 radical (unpaired) electrons. The van der Waals surface area contributed by atoms with Gasteiger partial charge in [0.15, 0.2) is 0 Å². The lowest BCUT2D eigenvalue weighted by atomic mass is 10.3. The van der Waals surface area contributed by atoms with Crippen molar-refractivity contribution < 1.29 is 4.39 Å². The molecule has 2 nitrogen and oxygen atoms in total. The number of nitrogens with zero attached hydrogens (tertiary/aromatic N) is 2. The van der Waals surface area contributed by atoms with Crippen molar-refractivity contribution >= 4 is 0 Å². The minimum Gasteiger partial charge on any atom is -0.332 e. The Kier molecular flexibility index (Phi) is 0.860. The monoisotopic (exact) mass is 126 g/mol. The van der Waals surface area contributed by atoms with Crippen molar-refractivity contribution in [3.05, 3.63) is 18.2 Å². The molecule has 0 aliphatic carbocycles. The molecule has 3 heteroatoms. The van der Waals surface area contributed by atoms with E-state index in [0.717, 1.165) is 12.2 Å². The van der Waals surface area contributed by atoms with Crippen LogP contribution in [0.2, 0.25) is 0 Å². The van der Waals surface area contributed by atoms with Gasteiger partial charge in [-0.2, -0.15) is 0 Å². The summed E-state index contributed by atoms with van der Waals surface area (Å²) in [4.78, 5) is 3.82. The number of imidazole rings is 1. The van der Waals surface area contributed by atoms with E-state index in [1.807, 2.05) is 4.57 Å². The molecule has 2 heterocycles. The molecule has 0 saturated heterocycles. The second kappa shape index (κ2) is 1.56. The number of halogens is 1. The molecule has 0 fully saturated rings. The van der Waals surface area contributed by atoms with Crippen LogP contribution >= 0.6 is 0 Å². The third-order valence-electron chi connectivity index (χ3n) is 1.69. The molecule has 0 saturated carbocycles. The van der Waals surface area contributed by atoms with Crippen LogP contribution in [0, 0.1) is 0 Å². The molecule has 9 heavy (non-hydrogen) atoms. The van der Waals surface area contributed by atoms with Crippen molar-refractivity contribution in [2.24, 2.45) is 0 Å². The first-order chi connectivity index (χ1) is 4.38. The fourth-order valence-corrected chi connectivity index (χ4v) is 1.18. The molecule has 0 bridgehead atoms. The first-order valence-electron chi connectivity index (χ1n) is 3.02. The van der Waals surface area contributed by atoms with Crippen LogP contribution in [0.15, 0.2) is 12.5 Å². The zero-order chi connectivity index (χ0) is 6.27. The minimum absolute atomic E-state index is 0.623. The van der Waals surface area contributed by atoms with Crippen LogP contribution in [0.4, 0.5) is 4.39 Å². The number of aryl methyl sites for hydroxylation is 1. The fraction of sp³-hybridized carbons (Fsp3) is 0.500. The summed E-state index contributed by atoms with van der Waals surface area (Å²) in [5.74, 6) is 0. The van der Waals surface area contributed by atoms with Crippen LogP contribution in [0.3, 0.4) is 0 Å². The van der Waals surface area contributed by atoms with E-state index in [2.05, 4.69) is 4.98 Å². The van der Waals surface area contributed by atoms with Gasteiger partial charge in [-0.15, -0.1) is 0 Å². The third kappa shape index (κ3) is 0.573. The average molecular weight is 126 g/mol. The molecule has 1 aliphatic rings. The second-order valence-electron chi connectivity index (χ2n) is 2.27. The molecule has 0 spiro atoms. The normalized spacial score (nSPS) is 24.3. The predicted molar refractivity (Wildman–Crippen MR) is 30.7 cm³/mol. The molecular weight excluding hydrogens is 119 g/mol. The summed E-state index contributed by atoms with van der Waals surface area (Å²) in [5, 5.41) is 0. The van der Waals surface area contributed by atoms with Gasteiger partial charge in [0.1, 0.15) is 6.17 Å². The summed E-state index contributed by atoms with van der Waals surface area (Å²) in [5.41, 5.74) is 0.731. The zero-order valence-electron chi connectivity index (χ0n) is 4.92. The Morgan fingerprint density at radius 2 is 2.67 bits per heavy atom. The summed E-state index contributed by atoms with van der Waals surface area (Å²) >= 11 is 0. The molecule has 1 aliphatic heterocycles. The highest BCUT2D eigenvalue weighted by Crippen LogP contribution is 2.27. The predicted octanol–water partition coefficient (Wildman–Crippen LogP) is 1.30. The van der Waals surface area contributed by atoms with Gasteiger partial charge in [0, 0.05) is 13.0 Å².